The first-order chi connectivity index (χ1) is 17.3. The Kier molecular flexibility index (Phi) is 6.04. The van der Waals surface area contributed by atoms with E-state index in [1.165, 1.54) is 0 Å². The summed E-state index contributed by atoms with van der Waals surface area (Å²) in [6.07, 6.45) is 0. The van der Waals surface area contributed by atoms with Crippen LogP contribution in [-0.2, 0) is 9.59 Å². The number of nitrogens with zero attached hydrogens (tertiary/aromatic N) is 1. The summed E-state index contributed by atoms with van der Waals surface area (Å²) in [5, 5.41) is 7.65. The lowest BCUT2D eigenvalue weighted by molar-refractivity contribution is -0.120. The molecule has 0 bridgehead atoms. The third-order valence-electron chi connectivity index (χ3n) is 6.28. The van der Waals surface area contributed by atoms with Crippen molar-refractivity contribution >= 4 is 57.2 Å². The third-order valence-corrected chi connectivity index (χ3v) is 6.63. The number of halogens is 1. The molecule has 36 heavy (non-hydrogen) atoms. The van der Waals surface area contributed by atoms with Crippen LogP contribution >= 0.6 is 11.6 Å². The van der Waals surface area contributed by atoms with Crippen LogP contribution < -0.4 is 15.5 Å². The van der Waals surface area contributed by atoms with E-state index in [2.05, 4.69) is 10.6 Å². The summed E-state index contributed by atoms with van der Waals surface area (Å²) in [5.41, 5.74) is 3.76. The van der Waals surface area contributed by atoms with E-state index in [0.29, 0.717) is 22.6 Å². The summed E-state index contributed by atoms with van der Waals surface area (Å²) in [6, 6.07) is 25.6. The fourth-order valence-corrected chi connectivity index (χ4v) is 4.43. The fourth-order valence-electron chi connectivity index (χ4n) is 4.22. The van der Waals surface area contributed by atoms with Gasteiger partial charge in [-0.25, -0.2) is 4.90 Å². The number of hydrogen-bond donors (Lipinski definition) is 2. The Morgan fingerprint density at radius 2 is 1.56 bits per heavy atom. The van der Waals surface area contributed by atoms with Crippen LogP contribution in [0.2, 0.25) is 0 Å². The van der Waals surface area contributed by atoms with Crippen molar-refractivity contribution in [2.75, 3.05) is 15.5 Å². The van der Waals surface area contributed by atoms with Gasteiger partial charge < -0.3 is 10.6 Å². The van der Waals surface area contributed by atoms with Crippen LogP contribution in [0.15, 0.2) is 95.7 Å². The molecule has 178 valence electrons. The van der Waals surface area contributed by atoms with E-state index in [9.17, 15) is 14.4 Å². The van der Waals surface area contributed by atoms with Crippen molar-refractivity contribution in [1.82, 2.24) is 0 Å². The average Bonchev–Trinajstić information content (AvgIpc) is 3.09. The topological polar surface area (TPSA) is 78.5 Å². The van der Waals surface area contributed by atoms with Crippen LogP contribution in [0.5, 0.6) is 0 Å². The summed E-state index contributed by atoms with van der Waals surface area (Å²) in [6.45, 7) is 3.76. The number of carbonyl (C=O) groups is 3. The van der Waals surface area contributed by atoms with E-state index >= 15 is 0 Å². The maximum atomic E-state index is 13.2. The first-order valence-electron chi connectivity index (χ1n) is 11.4. The van der Waals surface area contributed by atoms with Crippen LogP contribution in [0.3, 0.4) is 0 Å². The fraction of sp³-hybridized carbons (Fsp3) is 0.0690. The highest BCUT2D eigenvalue weighted by atomic mass is 35.5. The molecular weight excluding hydrogens is 474 g/mol. The SMILES string of the molecule is Cc1cccc(N2C(=O)C(Cl)=C(Nc3cccc(C(=O)Nc4cccc5ccccc45)c3)C2=O)c1C. The molecule has 0 fully saturated rings. The predicted molar refractivity (Wildman–Crippen MR) is 143 cm³/mol. The molecule has 1 aliphatic rings. The second kappa shape index (κ2) is 9.32. The Labute approximate surface area is 213 Å². The zero-order valence-corrected chi connectivity index (χ0v) is 20.4. The largest absolute Gasteiger partial charge is 0.350 e. The van der Waals surface area contributed by atoms with Crippen molar-refractivity contribution in [3.8, 4) is 0 Å². The van der Waals surface area contributed by atoms with E-state index in [0.717, 1.165) is 26.8 Å². The van der Waals surface area contributed by atoms with Crippen LogP contribution in [0, 0.1) is 13.8 Å². The number of anilines is 3. The van der Waals surface area contributed by atoms with Gasteiger partial charge in [0.15, 0.2) is 0 Å². The molecule has 7 heteroatoms. The number of nitrogens with one attached hydrogen (secondary N) is 2. The molecule has 0 aromatic heterocycles. The smallest absolute Gasteiger partial charge is 0.283 e. The Morgan fingerprint density at radius 1 is 0.833 bits per heavy atom. The molecule has 4 aromatic rings. The van der Waals surface area contributed by atoms with Crippen molar-refractivity contribution in [3.05, 3.63) is 112 Å². The van der Waals surface area contributed by atoms with Gasteiger partial charge in [0.05, 0.1) is 5.69 Å². The Morgan fingerprint density at radius 3 is 2.39 bits per heavy atom. The van der Waals surface area contributed by atoms with Gasteiger partial charge in [-0.2, -0.15) is 0 Å². The van der Waals surface area contributed by atoms with Gasteiger partial charge in [0.2, 0.25) is 0 Å². The van der Waals surface area contributed by atoms with Gasteiger partial charge in [-0.3, -0.25) is 14.4 Å². The van der Waals surface area contributed by atoms with E-state index < -0.39 is 11.8 Å². The molecule has 3 amide bonds. The molecule has 0 saturated heterocycles. The molecule has 0 saturated carbocycles. The lowest BCUT2D eigenvalue weighted by atomic mass is 10.1. The van der Waals surface area contributed by atoms with Crippen LogP contribution in [0.25, 0.3) is 10.8 Å². The van der Waals surface area contributed by atoms with Gasteiger partial charge in [-0.15, -0.1) is 0 Å². The van der Waals surface area contributed by atoms with Crippen molar-refractivity contribution in [2.24, 2.45) is 0 Å². The van der Waals surface area contributed by atoms with Crippen LogP contribution in [0.1, 0.15) is 21.5 Å². The molecule has 2 N–H and O–H groups in total. The van der Waals surface area contributed by atoms with Crippen LogP contribution in [-0.4, -0.2) is 17.7 Å². The standard InChI is InChI=1S/C29H22ClN3O3/c1-17-8-5-15-24(18(17)2)33-28(35)25(30)26(29(33)36)31-21-12-6-11-20(16-21)27(34)32-23-14-7-10-19-9-3-4-13-22(19)23/h3-16,31H,1-2H3,(H,32,34). The maximum Gasteiger partial charge on any atom is 0.283 e. The van der Waals surface area contributed by atoms with Crippen molar-refractivity contribution in [3.63, 3.8) is 0 Å². The first-order valence-corrected chi connectivity index (χ1v) is 11.7. The molecule has 0 unspecified atom stereocenters. The summed E-state index contributed by atoms with van der Waals surface area (Å²) in [4.78, 5) is 40.2. The highest BCUT2D eigenvalue weighted by Crippen LogP contribution is 2.33. The minimum Gasteiger partial charge on any atom is -0.350 e. The zero-order chi connectivity index (χ0) is 25.4. The Bertz CT molecular complexity index is 1590. The van der Waals surface area contributed by atoms with Crippen molar-refractivity contribution < 1.29 is 14.4 Å². The predicted octanol–water partition coefficient (Wildman–Crippen LogP) is 6.14. The van der Waals surface area contributed by atoms with Gasteiger partial charge in [0.25, 0.3) is 17.7 Å². The van der Waals surface area contributed by atoms with Gasteiger partial charge in [0.1, 0.15) is 10.7 Å². The summed E-state index contributed by atoms with van der Waals surface area (Å²) >= 11 is 6.30. The lowest BCUT2D eigenvalue weighted by Gasteiger charge is -2.18. The number of aryl methyl sites for hydroxylation is 1. The molecule has 6 nitrogen and oxygen atoms in total. The lowest BCUT2D eigenvalue weighted by Crippen LogP contribution is -2.33. The number of imide groups is 1. The van der Waals surface area contributed by atoms with E-state index in [1.54, 1.807) is 36.4 Å². The number of carbonyl (C=O) groups excluding carboxylic acids is 3. The third kappa shape index (κ3) is 4.12. The van der Waals surface area contributed by atoms with Gasteiger partial charge >= 0.3 is 0 Å². The molecule has 0 aliphatic carbocycles. The monoisotopic (exact) mass is 495 g/mol. The zero-order valence-electron chi connectivity index (χ0n) is 19.6. The number of benzene rings is 4. The second-order valence-corrected chi connectivity index (χ2v) is 8.92. The van der Waals surface area contributed by atoms with Crippen molar-refractivity contribution in [2.45, 2.75) is 13.8 Å². The number of hydrogen-bond acceptors (Lipinski definition) is 4. The first kappa shape index (κ1) is 23.3. The van der Waals surface area contributed by atoms with E-state index in [1.807, 2.05) is 62.4 Å². The molecule has 1 aliphatic heterocycles. The Balaban J connectivity index is 1.39. The molecular formula is C29H22ClN3O3. The van der Waals surface area contributed by atoms with E-state index in [-0.39, 0.29) is 16.6 Å². The maximum absolute atomic E-state index is 13.2. The Hall–Kier alpha value is -4.42. The second-order valence-electron chi connectivity index (χ2n) is 8.54. The summed E-state index contributed by atoms with van der Waals surface area (Å²) in [7, 11) is 0. The number of fused-ring (bicyclic) bond motifs is 1. The van der Waals surface area contributed by atoms with Crippen molar-refractivity contribution in [1.29, 1.82) is 0 Å². The number of rotatable bonds is 5. The van der Waals surface area contributed by atoms with E-state index in [4.69, 9.17) is 11.6 Å². The average molecular weight is 496 g/mol. The highest BCUT2D eigenvalue weighted by molar-refractivity contribution is 6.53. The molecule has 0 radical (unpaired) electrons. The van der Waals surface area contributed by atoms with Gasteiger partial charge in [0, 0.05) is 22.3 Å². The van der Waals surface area contributed by atoms with Gasteiger partial charge in [-0.1, -0.05) is 66.2 Å². The summed E-state index contributed by atoms with van der Waals surface area (Å²) in [5.74, 6) is -1.45. The van der Waals surface area contributed by atoms with Crippen LogP contribution in [0.4, 0.5) is 17.1 Å². The summed E-state index contributed by atoms with van der Waals surface area (Å²) < 4.78 is 0. The molecule has 0 spiro atoms. The molecule has 0 atom stereocenters. The normalized spacial score (nSPS) is 13.5. The quantitative estimate of drug-likeness (QED) is 0.326. The minimum atomic E-state index is -0.595. The van der Waals surface area contributed by atoms with Gasteiger partial charge in [-0.05, 0) is 60.7 Å². The minimum absolute atomic E-state index is 0.0332. The highest BCUT2D eigenvalue weighted by Gasteiger charge is 2.39. The number of amides is 3. The molecule has 5 rings (SSSR count). The molecule has 4 aromatic carbocycles. The molecule has 1 heterocycles.